The van der Waals surface area contributed by atoms with Crippen LogP contribution >= 0.6 is 0 Å². The topological polar surface area (TPSA) is 125 Å². The van der Waals surface area contributed by atoms with E-state index in [1.54, 1.807) is 55.0 Å². The summed E-state index contributed by atoms with van der Waals surface area (Å²) in [6.45, 7) is 0.388. The standard InChI is InChI=1S/C23H24N4O4/c24-19(21(28)26-20(23(30)31)15-16-5-2-1-3-6-16)14-17-7-4-8-18(13-17)22(29)27-11-9-25-10-12-27/h1-11,13,19-20H,12,14-15,24H2,(H,26,28)(H,30,31)/t19-,20-/m0/s1. The number of hydrogen-bond acceptors (Lipinski definition) is 5. The first kappa shape index (κ1) is 21.9. The van der Waals surface area contributed by atoms with Crippen LogP contribution in [0.2, 0.25) is 0 Å². The van der Waals surface area contributed by atoms with Crippen LogP contribution in [0.5, 0.6) is 0 Å². The van der Waals surface area contributed by atoms with Gasteiger partial charge in [-0.3, -0.25) is 14.6 Å². The molecule has 0 fully saturated rings. The predicted molar refractivity (Wildman–Crippen MR) is 117 cm³/mol. The fraction of sp³-hybridized carbons (Fsp3) is 0.217. The summed E-state index contributed by atoms with van der Waals surface area (Å²) in [4.78, 5) is 42.2. The zero-order valence-corrected chi connectivity index (χ0v) is 16.8. The zero-order chi connectivity index (χ0) is 22.2. The summed E-state index contributed by atoms with van der Waals surface area (Å²) in [6.07, 6.45) is 5.11. The first-order valence-electron chi connectivity index (χ1n) is 9.85. The number of aliphatic imine (C=N–C) groups is 1. The highest BCUT2D eigenvalue weighted by molar-refractivity contribution is 5.96. The van der Waals surface area contributed by atoms with Gasteiger partial charge in [0.25, 0.3) is 5.91 Å². The van der Waals surface area contributed by atoms with Gasteiger partial charge in [0.05, 0.1) is 12.6 Å². The SMILES string of the molecule is N[C@@H](Cc1cccc(C(=O)N2C=CN=CC2)c1)C(=O)N[C@@H](Cc1ccccc1)C(=O)O. The summed E-state index contributed by atoms with van der Waals surface area (Å²) in [5.74, 6) is -1.87. The summed E-state index contributed by atoms with van der Waals surface area (Å²) in [5, 5.41) is 12.0. The summed E-state index contributed by atoms with van der Waals surface area (Å²) in [5.41, 5.74) is 8.01. The van der Waals surface area contributed by atoms with Gasteiger partial charge in [0, 0.05) is 30.6 Å². The van der Waals surface area contributed by atoms with Crippen molar-refractivity contribution in [1.82, 2.24) is 10.2 Å². The van der Waals surface area contributed by atoms with Crippen molar-refractivity contribution in [2.45, 2.75) is 24.9 Å². The van der Waals surface area contributed by atoms with Gasteiger partial charge in [0.2, 0.25) is 5.91 Å². The van der Waals surface area contributed by atoms with Crippen LogP contribution in [0.1, 0.15) is 21.5 Å². The molecule has 0 radical (unpaired) electrons. The van der Waals surface area contributed by atoms with Crippen molar-refractivity contribution in [2.24, 2.45) is 10.7 Å². The maximum absolute atomic E-state index is 12.6. The number of nitrogens with one attached hydrogen (secondary N) is 1. The summed E-state index contributed by atoms with van der Waals surface area (Å²) in [7, 11) is 0. The average Bonchev–Trinajstić information content (AvgIpc) is 2.79. The molecule has 1 aliphatic heterocycles. The number of amides is 2. The minimum absolute atomic E-state index is 0.158. The number of carboxylic acids is 1. The predicted octanol–water partition coefficient (Wildman–Crippen LogP) is 1.37. The van der Waals surface area contributed by atoms with E-state index >= 15 is 0 Å². The molecule has 2 atom stereocenters. The molecule has 2 aromatic carbocycles. The second-order valence-electron chi connectivity index (χ2n) is 7.19. The quantitative estimate of drug-likeness (QED) is 0.595. The fourth-order valence-corrected chi connectivity index (χ4v) is 3.20. The monoisotopic (exact) mass is 420 g/mol. The molecule has 1 aliphatic rings. The maximum atomic E-state index is 12.6. The molecule has 2 amide bonds. The first-order chi connectivity index (χ1) is 14.9. The van der Waals surface area contributed by atoms with Crippen LogP contribution in [0.4, 0.5) is 0 Å². The Morgan fingerprint density at radius 2 is 1.81 bits per heavy atom. The van der Waals surface area contributed by atoms with Gasteiger partial charge in [0.1, 0.15) is 6.04 Å². The van der Waals surface area contributed by atoms with E-state index in [2.05, 4.69) is 10.3 Å². The third kappa shape index (κ3) is 6.10. The molecule has 0 saturated heterocycles. The number of nitrogens with zero attached hydrogens (tertiary/aromatic N) is 2. The van der Waals surface area contributed by atoms with Crippen molar-refractivity contribution in [3.63, 3.8) is 0 Å². The molecule has 8 nitrogen and oxygen atoms in total. The minimum atomic E-state index is -1.13. The van der Waals surface area contributed by atoms with Gasteiger partial charge in [-0.1, -0.05) is 42.5 Å². The van der Waals surface area contributed by atoms with Gasteiger partial charge < -0.3 is 21.1 Å². The van der Waals surface area contributed by atoms with Crippen LogP contribution < -0.4 is 11.1 Å². The van der Waals surface area contributed by atoms with Crippen LogP contribution in [0.15, 0.2) is 72.0 Å². The van der Waals surface area contributed by atoms with Gasteiger partial charge in [0.15, 0.2) is 0 Å². The fourth-order valence-electron chi connectivity index (χ4n) is 3.20. The molecular weight excluding hydrogens is 396 g/mol. The highest BCUT2D eigenvalue weighted by Crippen LogP contribution is 2.12. The van der Waals surface area contributed by atoms with Gasteiger partial charge in [-0.25, -0.2) is 4.79 Å². The molecule has 0 saturated carbocycles. The highest BCUT2D eigenvalue weighted by Gasteiger charge is 2.24. The van der Waals surface area contributed by atoms with E-state index in [1.807, 2.05) is 18.2 Å². The van der Waals surface area contributed by atoms with Crippen molar-refractivity contribution in [3.8, 4) is 0 Å². The summed E-state index contributed by atoms with van der Waals surface area (Å²) < 4.78 is 0. The molecule has 3 rings (SSSR count). The van der Waals surface area contributed by atoms with Gasteiger partial charge in [-0.15, -0.1) is 0 Å². The lowest BCUT2D eigenvalue weighted by molar-refractivity contribution is -0.141. The second-order valence-corrected chi connectivity index (χ2v) is 7.19. The number of carbonyl (C=O) groups excluding carboxylic acids is 2. The van der Waals surface area contributed by atoms with E-state index in [-0.39, 0.29) is 18.7 Å². The lowest BCUT2D eigenvalue weighted by atomic mass is 10.0. The largest absolute Gasteiger partial charge is 0.480 e. The molecule has 1 heterocycles. The minimum Gasteiger partial charge on any atom is -0.480 e. The Hall–Kier alpha value is -3.78. The molecule has 0 spiro atoms. The Labute approximate surface area is 180 Å². The molecule has 31 heavy (non-hydrogen) atoms. The normalized spacial score (nSPS) is 14.7. The van der Waals surface area contributed by atoms with Crippen molar-refractivity contribution in [2.75, 3.05) is 6.54 Å². The van der Waals surface area contributed by atoms with Crippen LogP contribution in [0.3, 0.4) is 0 Å². The van der Waals surface area contributed by atoms with Crippen LogP contribution in [0, 0.1) is 0 Å². The van der Waals surface area contributed by atoms with Crippen LogP contribution in [-0.4, -0.2) is 52.6 Å². The third-order valence-electron chi connectivity index (χ3n) is 4.84. The lowest BCUT2D eigenvalue weighted by Crippen LogP contribution is -2.50. The molecular formula is C23H24N4O4. The smallest absolute Gasteiger partial charge is 0.326 e. The van der Waals surface area contributed by atoms with E-state index in [0.717, 1.165) is 5.56 Å². The molecule has 8 heteroatoms. The number of benzene rings is 2. The van der Waals surface area contributed by atoms with Crippen molar-refractivity contribution >= 4 is 24.0 Å². The molecule has 0 aromatic heterocycles. The van der Waals surface area contributed by atoms with E-state index in [0.29, 0.717) is 17.7 Å². The van der Waals surface area contributed by atoms with E-state index in [1.165, 1.54) is 4.90 Å². The number of carboxylic acid groups (broad SMARTS) is 1. The zero-order valence-electron chi connectivity index (χ0n) is 16.8. The third-order valence-corrected chi connectivity index (χ3v) is 4.84. The molecule has 0 bridgehead atoms. The number of hydrogen-bond donors (Lipinski definition) is 3. The summed E-state index contributed by atoms with van der Waals surface area (Å²) in [6, 6.07) is 13.9. The van der Waals surface area contributed by atoms with Crippen molar-refractivity contribution in [1.29, 1.82) is 0 Å². The van der Waals surface area contributed by atoms with Gasteiger partial charge in [-0.05, 0) is 29.7 Å². The second kappa shape index (κ2) is 10.3. The molecule has 0 aliphatic carbocycles. The maximum Gasteiger partial charge on any atom is 0.326 e. The number of nitrogens with two attached hydrogens (primary N) is 1. The van der Waals surface area contributed by atoms with Crippen LogP contribution in [-0.2, 0) is 22.4 Å². The number of rotatable bonds is 8. The summed E-state index contributed by atoms with van der Waals surface area (Å²) >= 11 is 0. The van der Waals surface area contributed by atoms with Crippen molar-refractivity contribution < 1.29 is 19.5 Å². The Morgan fingerprint density at radius 3 is 2.48 bits per heavy atom. The number of carbonyl (C=O) groups is 3. The molecule has 160 valence electrons. The molecule has 2 aromatic rings. The average molecular weight is 420 g/mol. The molecule has 0 unspecified atom stereocenters. The van der Waals surface area contributed by atoms with E-state index in [9.17, 15) is 19.5 Å². The Morgan fingerprint density at radius 1 is 1.06 bits per heavy atom. The highest BCUT2D eigenvalue weighted by atomic mass is 16.4. The Bertz CT molecular complexity index is 1000. The first-order valence-corrected chi connectivity index (χ1v) is 9.85. The lowest BCUT2D eigenvalue weighted by Gasteiger charge is -2.19. The van der Waals surface area contributed by atoms with E-state index < -0.39 is 24.0 Å². The number of aliphatic carboxylic acids is 1. The Balaban J connectivity index is 1.62. The van der Waals surface area contributed by atoms with E-state index in [4.69, 9.17) is 5.73 Å². The van der Waals surface area contributed by atoms with Gasteiger partial charge >= 0.3 is 5.97 Å². The Kier molecular flexibility index (Phi) is 7.29. The van der Waals surface area contributed by atoms with Gasteiger partial charge in [-0.2, -0.15) is 0 Å². The van der Waals surface area contributed by atoms with Crippen LogP contribution in [0.25, 0.3) is 0 Å². The van der Waals surface area contributed by atoms with Crippen molar-refractivity contribution in [3.05, 3.63) is 83.7 Å². The molecule has 4 N–H and O–H groups in total.